The molecular formula is C29H31BrFN3O4. The molecule has 1 aliphatic carbocycles. The van der Waals surface area contributed by atoms with Crippen LogP contribution in [0.4, 0.5) is 10.2 Å². The predicted octanol–water partition coefficient (Wildman–Crippen LogP) is 5.29. The third-order valence-corrected chi connectivity index (χ3v) is 8.14. The number of carbonyl (C=O) groups excluding carboxylic acids is 1. The summed E-state index contributed by atoms with van der Waals surface area (Å²) >= 11 is 3.25. The molecule has 9 heteroatoms. The third kappa shape index (κ3) is 5.16. The normalized spacial score (nSPS) is 18.6. The van der Waals surface area contributed by atoms with E-state index >= 15 is 0 Å². The maximum atomic E-state index is 13.5. The van der Waals surface area contributed by atoms with Gasteiger partial charge >= 0.3 is 0 Å². The van der Waals surface area contributed by atoms with Crippen LogP contribution in [0.3, 0.4) is 0 Å². The number of aromatic nitrogens is 1. The Hall–Kier alpha value is -3.33. The minimum Gasteiger partial charge on any atom is -0.493 e. The Bertz CT molecular complexity index is 1330. The van der Waals surface area contributed by atoms with Gasteiger partial charge in [0.25, 0.3) is 5.91 Å². The molecule has 5 rings (SSSR count). The lowest BCUT2D eigenvalue weighted by Crippen LogP contribution is -2.43. The number of nitrogens with zero attached hydrogens (tertiary/aromatic N) is 2. The molecule has 0 saturated heterocycles. The molecule has 0 spiro atoms. The van der Waals surface area contributed by atoms with Crippen LogP contribution in [0.15, 0.2) is 47.1 Å². The van der Waals surface area contributed by atoms with Gasteiger partial charge in [0.2, 0.25) is 5.75 Å². The average molecular weight is 584 g/mol. The minimum absolute atomic E-state index is 0.101. The average Bonchev–Trinajstić information content (AvgIpc) is 3.13. The standard InChI is InChI=1S/C29H31BrFN3O4/c1-36-25-15-18-8-10-34(11-9-22(18)27(37-2)28(25)38-3)26-7-5-19(16-32-26)29(35)33-21-12-20(13-21)17-4-6-24(31)23(30)14-17/h4-7,14-16,20-21H,8-13H2,1-3H3,(H,33,35). The van der Waals surface area contributed by atoms with Gasteiger partial charge in [-0.15, -0.1) is 0 Å². The number of nitrogens with one attached hydrogen (secondary N) is 1. The maximum Gasteiger partial charge on any atom is 0.253 e. The molecule has 0 radical (unpaired) electrons. The van der Waals surface area contributed by atoms with Gasteiger partial charge in [-0.05, 0) is 89.0 Å². The number of halogens is 2. The van der Waals surface area contributed by atoms with Crippen molar-refractivity contribution in [3.8, 4) is 17.2 Å². The van der Waals surface area contributed by atoms with E-state index in [1.807, 2.05) is 30.3 Å². The number of methoxy groups -OCH3 is 3. The Morgan fingerprint density at radius 3 is 2.45 bits per heavy atom. The Morgan fingerprint density at radius 2 is 1.79 bits per heavy atom. The minimum atomic E-state index is -0.265. The van der Waals surface area contributed by atoms with Crippen molar-refractivity contribution in [2.45, 2.75) is 37.6 Å². The molecular weight excluding hydrogens is 553 g/mol. The van der Waals surface area contributed by atoms with Crippen molar-refractivity contribution in [2.75, 3.05) is 39.3 Å². The van der Waals surface area contributed by atoms with E-state index in [1.165, 1.54) is 11.6 Å². The van der Waals surface area contributed by atoms with Crippen molar-refractivity contribution in [3.05, 3.63) is 75.1 Å². The molecule has 1 amide bonds. The second-order valence-corrected chi connectivity index (χ2v) is 10.5. The Kier molecular flexibility index (Phi) is 7.74. The molecule has 200 valence electrons. The van der Waals surface area contributed by atoms with Gasteiger partial charge in [-0.2, -0.15) is 0 Å². The van der Waals surface area contributed by atoms with Crippen molar-refractivity contribution in [3.63, 3.8) is 0 Å². The number of ether oxygens (including phenoxy) is 3. The molecule has 1 fully saturated rings. The largest absolute Gasteiger partial charge is 0.493 e. The first-order valence-corrected chi connectivity index (χ1v) is 13.5. The Morgan fingerprint density at radius 1 is 1.03 bits per heavy atom. The van der Waals surface area contributed by atoms with Crippen LogP contribution in [0, 0.1) is 5.82 Å². The van der Waals surface area contributed by atoms with Crippen LogP contribution in [-0.4, -0.2) is 51.4 Å². The van der Waals surface area contributed by atoms with Crippen molar-refractivity contribution in [2.24, 2.45) is 0 Å². The summed E-state index contributed by atoms with van der Waals surface area (Å²) in [6.45, 7) is 1.55. The zero-order valence-electron chi connectivity index (χ0n) is 21.7. The summed E-state index contributed by atoms with van der Waals surface area (Å²) in [6, 6.07) is 11.0. The van der Waals surface area contributed by atoms with Gasteiger partial charge in [0.15, 0.2) is 11.5 Å². The number of amides is 1. The number of pyridine rings is 1. The Balaban J connectivity index is 1.20. The highest BCUT2D eigenvalue weighted by Crippen LogP contribution is 2.43. The van der Waals surface area contributed by atoms with Crippen LogP contribution in [0.5, 0.6) is 17.2 Å². The highest BCUT2D eigenvalue weighted by atomic mass is 79.9. The topological polar surface area (TPSA) is 72.9 Å². The van der Waals surface area contributed by atoms with E-state index in [0.29, 0.717) is 33.2 Å². The first-order chi connectivity index (χ1) is 18.4. The summed E-state index contributed by atoms with van der Waals surface area (Å²) in [6.07, 6.45) is 4.90. The van der Waals surface area contributed by atoms with Gasteiger partial charge in [0.1, 0.15) is 11.6 Å². The van der Waals surface area contributed by atoms with E-state index in [1.54, 1.807) is 27.5 Å². The second-order valence-electron chi connectivity index (χ2n) is 9.69. The molecule has 1 aromatic heterocycles. The lowest BCUT2D eigenvalue weighted by atomic mass is 9.76. The molecule has 2 heterocycles. The van der Waals surface area contributed by atoms with E-state index in [0.717, 1.165) is 55.7 Å². The van der Waals surface area contributed by atoms with Crippen LogP contribution in [-0.2, 0) is 12.8 Å². The van der Waals surface area contributed by atoms with Gasteiger partial charge in [-0.25, -0.2) is 9.37 Å². The van der Waals surface area contributed by atoms with Crippen LogP contribution < -0.4 is 24.4 Å². The van der Waals surface area contributed by atoms with Crippen molar-refractivity contribution in [1.29, 1.82) is 0 Å². The fourth-order valence-corrected chi connectivity index (χ4v) is 5.75. The fourth-order valence-electron chi connectivity index (χ4n) is 5.36. The molecule has 1 saturated carbocycles. The molecule has 1 aliphatic heterocycles. The quantitative estimate of drug-likeness (QED) is 0.407. The van der Waals surface area contributed by atoms with Crippen molar-refractivity contribution >= 4 is 27.7 Å². The SMILES string of the molecule is COc1cc2c(c(OC)c1OC)CCN(c1ccc(C(=O)NC3CC(c4ccc(F)c(Br)c4)C3)cn1)CC2. The summed E-state index contributed by atoms with van der Waals surface area (Å²) < 4.78 is 30.8. The molecule has 0 unspecified atom stereocenters. The van der Waals surface area contributed by atoms with Gasteiger partial charge in [-0.1, -0.05) is 6.07 Å². The van der Waals surface area contributed by atoms with E-state index in [2.05, 4.69) is 31.1 Å². The third-order valence-electron chi connectivity index (χ3n) is 7.53. The van der Waals surface area contributed by atoms with Gasteiger partial charge in [-0.3, -0.25) is 4.79 Å². The number of hydrogen-bond acceptors (Lipinski definition) is 6. The highest BCUT2D eigenvalue weighted by Gasteiger charge is 2.32. The van der Waals surface area contributed by atoms with Gasteiger partial charge in [0, 0.05) is 30.9 Å². The number of hydrogen-bond donors (Lipinski definition) is 1. The lowest BCUT2D eigenvalue weighted by molar-refractivity contribution is 0.0908. The number of rotatable bonds is 7. The summed E-state index contributed by atoms with van der Waals surface area (Å²) in [5.41, 5.74) is 3.92. The van der Waals surface area contributed by atoms with E-state index in [-0.39, 0.29) is 17.8 Å². The van der Waals surface area contributed by atoms with E-state index in [4.69, 9.17) is 14.2 Å². The molecule has 2 aliphatic rings. The van der Waals surface area contributed by atoms with Crippen LogP contribution in [0.25, 0.3) is 0 Å². The van der Waals surface area contributed by atoms with E-state index in [9.17, 15) is 9.18 Å². The fraction of sp³-hybridized carbons (Fsp3) is 0.379. The molecule has 1 N–H and O–H groups in total. The summed E-state index contributed by atoms with van der Waals surface area (Å²) in [5.74, 6) is 2.75. The van der Waals surface area contributed by atoms with E-state index < -0.39 is 0 Å². The summed E-state index contributed by atoms with van der Waals surface area (Å²) in [5, 5.41) is 3.10. The zero-order valence-corrected chi connectivity index (χ0v) is 23.3. The Labute approximate surface area is 230 Å². The molecule has 7 nitrogen and oxygen atoms in total. The highest BCUT2D eigenvalue weighted by molar-refractivity contribution is 9.10. The first kappa shape index (κ1) is 26.3. The van der Waals surface area contributed by atoms with Crippen LogP contribution in [0.1, 0.15) is 45.8 Å². The van der Waals surface area contributed by atoms with Crippen molar-refractivity contribution in [1.82, 2.24) is 10.3 Å². The van der Waals surface area contributed by atoms with Gasteiger partial charge in [0.05, 0.1) is 31.4 Å². The number of anilines is 1. The van der Waals surface area contributed by atoms with Crippen LogP contribution in [0.2, 0.25) is 0 Å². The molecule has 3 aromatic rings. The zero-order chi connectivity index (χ0) is 26.8. The second kappa shape index (κ2) is 11.2. The smallest absolute Gasteiger partial charge is 0.253 e. The molecule has 38 heavy (non-hydrogen) atoms. The predicted molar refractivity (Wildman–Crippen MR) is 147 cm³/mol. The van der Waals surface area contributed by atoms with Crippen LogP contribution >= 0.6 is 15.9 Å². The van der Waals surface area contributed by atoms with Crippen molar-refractivity contribution < 1.29 is 23.4 Å². The maximum absolute atomic E-state index is 13.5. The number of fused-ring (bicyclic) bond motifs is 1. The monoisotopic (exact) mass is 583 g/mol. The molecule has 0 atom stereocenters. The first-order valence-electron chi connectivity index (χ1n) is 12.7. The van der Waals surface area contributed by atoms with Gasteiger partial charge < -0.3 is 24.4 Å². The summed E-state index contributed by atoms with van der Waals surface area (Å²) in [7, 11) is 4.89. The number of carbonyl (C=O) groups is 1. The summed E-state index contributed by atoms with van der Waals surface area (Å²) in [4.78, 5) is 19.6. The molecule has 2 aromatic carbocycles. The number of benzene rings is 2. The lowest BCUT2D eigenvalue weighted by Gasteiger charge is -2.36. The molecule has 0 bridgehead atoms.